The van der Waals surface area contributed by atoms with E-state index in [2.05, 4.69) is 10.3 Å². The Hall–Kier alpha value is -2.31. The molecule has 1 saturated carbocycles. The number of aromatic nitrogens is 2. The Morgan fingerprint density at radius 2 is 1.92 bits per heavy atom. The Kier molecular flexibility index (Phi) is 5.07. The lowest BCUT2D eigenvalue weighted by Crippen LogP contribution is -2.45. The van der Waals surface area contributed by atoms with Crippen LogP contribution in [0.15, 0.2) is 30.7 Å². The predicted octanol–water partition coefficient (Wildman–Crippen LogP) is 4.18. The standard InChI is InChI=1S/C19H22F3N3O/c1-19(2,22)18(26)24-13-4-6-14(7-5-13)25-10-17(23-11-25)15-8-3-12(20)9-16(15)21/h3,8-11,13-14H,4-7H2,1-2H3,(H,24,26). The highest BCUT2D eigenvalue weighted by atomic mass is 19.1. The lowest BCUT2D eigenvalue weighted by molar-refractivity contribution is -0.131. The first-order chi connectivity index (χ1) is 12.2. The van der Waals surface area contributed by atoms with Crippen LogP contribution in [0.2, 0.25) is 0 Å². The second-order valence-electron chi connectivity index (χ2n) is 7.28. The third-order valence-corrected chi connectivity index (χ3v) is 4.80. The van der Waals surface area contributed by atoms with E-state index in [1.165, 1.54) is 26.0 Å². The summed E-state index contributed by atoms with van der Waals surface area (Å²) in [5.41, 5.74) is -1.16. The number of nitrogens with one attached hydrogen (secondary N) is 1. The summed E-state index contributed by atoms with van der Waals surface area (Å²) in [5.74, 6) is -1.85. The SMILES string of the molecule is CC(C)(F)C(=O)NC1CCC(n2cnc(-c3ccc(F)cc3F)c2)CC1. The Bertz CT molecular complexity index is 790. The zero-order valence-electron chi connectivity index (χ0n) is 14.8. The van der Waals surface area contributed by atoms with Gasteiger partial charge in [-0.25, -0.2) is 18.2 Å². The van der Waals surface area contributed by atoms with Crippen LogP contribution in [0, 0.1) is 11.6 Å². The molecule has 1 aliphatic rings. The van der Waals surface area contributed by atoms with Crippen LogP contribution in [0.1, 0.15) is 45.6 Å². The van der Waals surface area contributed by atoms with Gasteiger partial charge >= 0.3 is 0 Å². The lowest BCUT2D eigenvalue weighted by Gasteiger charge is -2.30. The van der Waals surface area contributed by atoms with Gasteiger partial charge < -0.3 is 9.88 Å². The quantitative estimate of drug-likeness (QED) is 0.884. The van der Waals surface area contributed by atoms with E-state index < -0.39 is 23.2 Å². The van der Waals surface area contributed by atoms with Gasteiger partial charge in [-0.2, -0.15) is 0 Å². The zero-order chi connectivity index (χ0) is 18.9. The average Bonchev–Trinajstić information content (AvgIpc) is 3.04. The van der Waals surface area contributed by atoms with Crippen molar-refractivity contribution in [1.82, 2.24) is 14.9 Å². The second-order valence-corrected chi connectivity index (χ2v) is 7.28. The number of alkyl halides is 1. The molecule has 1 heterocycles. The highest BCUT2D eigenvalue weighted by Gasteiger charge is 2.30. The summed E-state index contributed by atoms with van der Waals surface area (Å²) in [5, 5.41) is 2.75. The number of carbonyl (C=O) groups is 1. The smallest absolute Gasteiger partial charge is 0.257 e. The summed E-state index contributed by atoms with van der Waals surface area (Å²) in [6, 6.07) is 3.58. The van der Waals surface area contributed by atoms with Crippen molar-refractivity contribution in [2.75, 3.05) is 0 Å². The first-order valence-corrected chi connectivity index (χ1v) is 8.73. The topological polar surface area (TPSA) is 46.9 Å². The van der Waals surface area contributed by atoms with Crippen LogP contribution in [0.25, 0.3) is 11.3 Å². The van der Waals surface area contributed by atoms with Crippen LogP contribution < -0.4 is 5.32 Å². The summed E-state index contributed by atoms with van der Waals surface area (Å²) < 4.78 is 42.5. The minimum absolute atomic E-state index is 0.0358. The van der Waals surface area contributed by atoms with Crippen molar-refractivity contribution in [3.05, 3.63) is 42.4 Å². The van der Waals surface area contributed by atoms with Crippen molar-refractivity contribution in [3.63, 3.8) is 0 Å². The molecule has 0 radical (unpaired) electrons. The maximum Gasteiger partial charge on any atom is 0.257 e. The van der Waals surface area contributed by atoms with Crippen molar-refractivity contribution in [1.29, 1.82) is 0 Å². The average molecular weight is 365 g/mol. The monoisotopic (exact) mass is 365 g/mol. The number of halogens is 3. The third kappa shape index (κ3) is 4.08. The minimum atomic E-state index is -1.88. The van der Waals surface area contributed by atoms with E-state index in [0.29, 0.717) is 5.69 Å². The molecular formula is C19H22F3N3O. The Morgan fingerprint density at radius 3 is 2.54 bits per heavy atom. The van der Waals surface area contributed by atoms with Crippen LogP contribution in [0.4, 0.5) is 13.2 Å². The number of amides is 1. The molecule has 7 heteroatoms. The second kappa shape index (κ2) is 7.13. The molecule has 1 aromatic heterocycles. The van der Waals surface area contributed by atoms with Crippen LogP contribution in [-0.4, -0.2) is 27.2 Å². The van der Waals surface area contributed by atoms with Crippen molar-refractivity contribution in [2.45, 2.75) is 57.3 Å². The van der Waals surface area contributed by atoms with Gasteiger partial charge in [0.1, 0.15) is 11.6 Å². The van der Waals surface area contributed by atoms with E-state index in [1.807, 2.05) is 4.57 Å². The molecule has 0 unspecified atom stereocenters. The van der Waals surface area contributed by atoms with Gasteiger partial charge in [0, 0.05) is 29.9 Å². The van der Waals surface area contributed by atoms with Gasteiger partial charge in [0.25, 0.3) is 5.91 Å². The highest BCUT2D eigenvalue weighted by Crippen LogP contribution is 2.31. The van der Waals surface area contributed by atoms with Crippen LogP contribution in [-0.2, 0) is 4.79 Å². The first-order valence-electron chi connectivity index (χ1n) is 8.73. The molecule has 0 atom stereocenters. The van der Waals surface area contributed by atoms with Gasteiger partial charge in [-0.05, 0) is 51.7 Å². The van der Waals surface area contributed by atoms with Crippen molar-refractivity contribution < 1.29 is 18.0 Å². The largest absolute Gasteiger partial charge is 0.351 e. The van der Waals surface area contributed by atoms with E-state index >= 15 is 0 Å². The molecule has 0 saturated heterocycles. The molecule has 1 amide bonds. The molecule has 2 aromatic rings. The van der Waals surface area contributed by atoms with Gasteiger partial charge in [-0.1, -0.05) is 0 Å². The molecule has 3 rings (SSSR count). The summed E-state index contributed by atoms with van der Waals surface area (Å²) in [7, 11) is 0. The number of hydrogen-bond acceptors (Lipinski definition) is 2. The fraction of sp³-hybridized carbons (Fsp3) is 0.474. The van der Waals surface area contributed by atoms with E-state index in [1.54, 1.807) is 12.5 Å². The van der Waals surface area contributed by atoms with Gasteiger partial charge in [0.05, 0.1) is 12.0 Å². The van der Waals surface area contributed by atoms with Crippen molar-refractivity contribution >= 4 is 5.91 Å². The maximum atomic E-state index is 13.9. The van der Waals surface area contributed by atoms with Gasteiger partial charge in [0.2, 0.25) is 0 Å². The first kappa shape index (κ1) is 18.5. The lowest BCUT2D eigenvalue weighted by atomic mass is 9.90. The molecule has 1 aromatic carbocycles. The van der Waals surface area contributed by atoms with E-state index in [0.717, 1.165) is 31.7 Å². The number of imidazole rings is 1. The normalized spacial score (nSPS) is 20.8. The van der Waals surface area contributed by atoms with Crippen LogP contribution in [0.5, 0.6) is 0 Å². The number of benzene rings is 1. The van der Waals surface area contributed by atoms with Gasteiger partial charge in [0.15, 0.2) is 5.67 Å². The maximum absolute atomic E-state index is 13.9. The van der Waals surface area contributed by atoms with Crippen LogP contribution in [0.3, 0.4) is 0 Å². The molecule has 140 valence electrons. The molecule has 0 bridgehead atoms. The molecule has 0 spiro atoms. The fourth-order valence-corrected chi connectivity index (χ4v) is 3.25. The van der Waals surface area contributed by atoms with Crippen molar-refractivity contribution in [3.8, 4) is 11.3 Å². The fourth-order valence-electron chi connectivity index (χ4n) is 3.25. The van der Waals surface area contributed by atoms with E-state index in [4.69, 9.17) is 0 Å². The number of hydrogen-bond donors (Lipinski definition) is 1. The van der Waals surface area contributed by atoms with E-state index in [-0.39, 0.29) is 17.6 Å². The van der Waals surface area contributed by atoms with Gasteiger partial charge in [-0.15, -0.1) is 0 Å². The highest BCUT2D eigenvalue weighted by molar-refractivity contribution is 5.84. The van der Waals surface area contributed by atoms with Crippen LogP contribution >= 0.6 is 0 Å². The van der Waals surface area contributed by atoms with Gasteiger partial charge in [-0.3, -0.25) is 4.79 Å². The Balaban J connectivity index is 1.62. The summed E-state index contributed by atoms with van der Waals surface area (Å²) in [4.78, 5) is 16.0. The molecule has 1 aliphatic carbocycles. The molecular weight excluding hydrogens is 343 g/mol. The number of carbonyl (C=O) groups excluding carboxylic acids is 1. The van der Waals surface area contributed by atoms with E-state index in [9.17, 15) is 18.0 Å². The molecule has 1 fully saturated rings. The summed E-state index contributed by atoms with van der Waals surface area (Å²) in [6.45, 7) is 2.49. The number of nitrogens with zero attached hydrogens (tertiary/aromatic N) is 2. The minimum Gasteiger partial charge on any atom is -0.351 e. The molecule has 0 aliphatic heterocycles. The molecule has 26 heavy (non-hydrogen) atoms. The zero-order valence-corrected chi connectivity index (χ0v) is 14.8. The molecule has 1 N–H and O–H groups in total. The number of rotatable bonds is 4. The predicted molar refractivity (Wildman–Crippen MR) is 92.2 cm³/mol. The summed E-state index contributed by atoms with van der Waals surface area (Å²) in [6.07, 6.45) is 6.49. The Morgan fingerprint density at radius 1 is 1.23 bits per heavy atom. The van der Waals surface area contributed by atoms with Crippen molar-refractivity contribution in [2.24, 2.45) is 0 Å². The third-order valence-electron chi connectivity index (χ3n) is 4.80. The summed E-state index contributed by atoms with van der Waals surface area (Å²) >= 11 is 0. The molecule has 4 nitrogen and oxygen atoms in total. The Labute approximate surface area is 150 Å².